The number of halogens is 1. The molecule has 0 atom stereocenters. The van der Waals surface area contributed by atoms with Crippen LogP contribution in [0.2, 0.25) is 5.02 Å². The molecule has 0 aliphatic carbocycles. The van der Waals surface area contributed by atoms with Crippen LogP contribution in [0.3, 0.4) is 0 Å². The van der Waals surface area contributed by atoms with Crippen molar-refractivity contribution in [2.45, 2.75) is 0 Å². The van der Waals surface area contributed by atoms with Crippen LogP contribution < -0.4 is 10.2 Å². The summed E-state index contributed by atoms with van der Waals surface area (Å²) in [5.41, 5.74) is 0.566. The van der Waals surface area contributed by atoms with Crippen LogP contribution in [0, 0.1) is 0 Å². The number of anilines is 1. The SMILES string of the molecule is O=C1CNCC(=O)N1c1ccc(Cl)cc1. The van der Waals surface area contributed by atoms with Crippen molar-refractivity contribution in [1.29, 1.82) is 0 Å². The number of amides is 2. The smallest absolute Gasteiger partial charge is 0.247 e. The Morgan fingerprint density at radius 1 is 1.07 bits per heavy atom. The van der Waals surface area contributed by atoms with Gasteiger partial charge >= 0.3 is 0 Å². The molecule has 0 aromatic heterocycles. The Kier molecular flexibility index (Phi) is 2.70. The lowest BCUT2D eigenvalue weighted by molar-refractivity contribution is -0.127. The largest absolute Gasteiger partial charge is 0.300 e. The molecule has 4 nitrogen and oxygen atoms in total. The Morgan fingerprint density at radius 3 is 2.13 bits per heavy atom. The van der Waals surface area contributed by atoms with Crippen LogP contribution >= 0.6 is 11.6 Å². The van der Waals surface area contributed by atoms with E-state index in [0.29, 0.717) is 10.7 Å². The average Bonchev–Trinajstić information content (AvgIpc) is 2.20. The van der Waals surface area contributed by atoms with Gasteiger partial charge in [-0.25, -0.2) is 4.90 Å². The van der Waals surface area contributed by atoms with E-state index in [2.05, 4.69) is 5.32 Å². The predicted molar refractivity (Wildman–Crippen MR) is 56.8 cm³/mol. The summed E-state index contributed by atoms with van der Waals surface area (Å²) < 4.78 is 0. The number of rotatable bonds is 1. The molecule has 1 aliphatic rings. The van der Waals surface area contributed by atoms with Crippen molar-refractivity contribution in [2.24, 2.45) is 0 Å². The highest BCUT2D eigenvalue weighted by atomic mass is 35.5. The van der Waals surface area contributed by atoms with Gasteiger partial charge in [0.05, 0.1) is 18.8 Å². The van der Waals surface area contributed by atoms with Gasteiger partial charge in [0.2, 0.25) is 11.8 Å². The van der Waals surface area contributed by atoms with Crippen LogP contribution in [-0.2, 0) is 9.59 Å². The van der Waals surface area contributed by atoms with Crippen LogP contribution in [0.5, 0.6) is 0 Å². The van der Waals surface area contributed by atoms with Gasteiger partial charge in [0.25, 0.3) is 0 Å². The van der Waals surface area contributed by atoms with E-state index in [1.165, 1.54) is 4.90 Å². The molecular weight excluding hydrogens is 216 g/mol. The third kappa shape index (κ3) is 2.00. The zero-order valence-corrected chi connectivity index (χ0v) is 8.62. The van der Waals surface area contributed by atoms with Gasteiger partial charge in [-0.05, 0) is 24.3 Å². The van der Waals surface area contributed by atoms with E-state index >= 15 is 0 Å². The summed E-state index contributed by atoms with van der Waals surface area (Å²) in [5, 5.41) is 3.31. The lowest BCUT2D eigenvalue weighted by Gasteiger charge is -2.25. The zero-order chi connectivity index (χ0) is 10.8. The number of carbonyl (C=O) groups excluding carboxylic acids is 2. The fourth-order valence-corrected chi connectivity index (χ4v) is 1.58. The molecular formula is C10H9ClN2O2. The third-order valence-electron chi connectivity index (χ3n) is 2.14. The highest BCUT2D eigenvalue weighted by Crippen LogP contribution is 2.19. The maximum absolute atomic E-state index is 11.5. The van der Waals surface area contributed by atoms with E-state index in [1.54, 1.807) is 24.3 Å². The maximum Gasteiger partial charge on any atom is 0.247 e. The molecule has 1 saturated heterocycles. The Labute approximate surface area is 91.8 Å². The van der Waals surface area contributed by atoms with Crippen LogP contribution in [0.1, 0.15) is 0 Å². The first-order chi connectivity index (χ1) is 7.18. The van der Waals surface area contributed by atoms with E-state index in [9.17, 15) is 9.59 Å². The molecule has 1 N–H and O–H groups in total. The monoisotopic (exact) mass is 224 g/mol. The second-order valence-electron chi connectivity index (χ2n) is 3.20. The van der Waals surface area contributed by atoms with E-state index in [0.717, 1.165) is 0 Å². The summed E-state index contributed by atoms with van der Waals surface area (Å²) in [6, 6.07) is 6.62. The summed E-state index contributed by atoms with van der Waals surface area (Å²) in [6.45, 7) is 0.378. The van der Waals surface area contributed by atoms with E-state index < -0.39 is 0 Å². The van der Waals surface area contributed by atoms with Crippen molar-refractivity contribution in [3.63, 3.8) is 0 Å². The third-order valence-corrected chi connectivity index (χ3v) is 2.39. The minimum atomic E-state index is -0.242. The number of hydrogen-bond acceptors (Lipinski definition) is 3. The standard InChI is InChI=1S/C10H9ClN2O2/c11-7-1-3-8(4-2-7)13-9(14)5-12-6-10(13)15/h1-4,12H,5-6H2. The lowest BCUT2D eigenvalue weighted by Crippen LogP contribution is -2.52. The normalized spacial score (nSPS) is 17.0. The lowest BCUT2D eigenvalue weighted by atomic mass is 10.2. The Morgan fingerprint density at radius 2 is 1.60 bits per heavy atom. The first-order valence-electron chi connectivity index (χ1n) is 4.50. The number of imide groups is 1. The van der Waals surface area contributed by atoms with Gasteiger partial charge in [-0.1, -0.05) is 11.6 Å². The Balaban J connectivity index is 2.31. The van der Waals surface area contributed by atoms with Gasteiger partial charge in [-0.15, -0.1) is 0 Å². The molecule has 0 saturated carbocycles. The van der Waals surface area contributed by atoms with Crippen LogP contribution in [0.15, 0.2) is 24.3 Å². The molecule has 0 radical (unpaired) electrons. The molecule has 0 bridgehead atoms. The Hall–Kier alpha value is -1.39. The fraction of sp³-hybridized carbons (Fsp3) is 0.200. The highest BCUT2D eigenvalue weighted by molar-refractivity contribution is 6.30. The first-order valence-corrected chi connectivity index (χ1v) is 4.88. The van der Waals surface area contributed by atoms with Crippen LogP contribution in [0.25, 0.3) is 0 Å². The summed E-state index contributed by atoms with van der Waals surface area (Å²) in [7, 11) is 0. The molecule has 0 unspecified atom stereocenters. The molecule has 0 spiro atoms. The molecule has 2 amide bonds. The molecule has 2 rings (SSSR count). The minimum absolute atomic E-state index is 0.189. The number of nitrogens with one attached hydrogen (secondary N) is 1. The van der Waals surface area contributed by atoms with Crippen molar-refractivity contribution >= 4 is 29.1 Å². The highest BCUT2D eigenvalue weighted by Gasteiger charge is 2.26. The van der Waals surface area contributed by atoms with E-state index in [4.69, 9.17) is 11.6 Å². The van der Waals surface area contributed by atoms with Crippen molar-refractivity contribution in [3.05, 3.63) is 29.3 Å². The number of carbonyl (C=O) groups is 2. The summed E-state index contributed by atoms with van der Waals surface area (Å²) >= 11 is 5.72. The molecule has 15 heavy (non-hydrogen) atoms. The second kappa shape index (κ2) is 4.00. The predicted octanol–water partition coefficient (Wildman–Crippen LogP) is 0.803. The molecule has 1 aromatic carbocycles. The molecule has 1 heterocycles. The van der Waals surface area contributed by atoms with Gasteiger partial charge in [0, 0.05) is 5.02 Å². The van der Waals surface area contributed by atoms with Gasteiger partial charge in [0.15, 0.2) is 0 Å². The Bertz CT molecular complexity index is 386. The molecule has 1 aromatic rings. The van der Waals surface area contributed by atoms with Gasteiger partial charge in [-0.3, -0.25) is 14.9 Å². The minimum Gasteiger partial charge on any atom is -0.300 e. The van der Waals surface area contributed by atoms with Crippen molar-refractivity contribution in [1.82, 2.24) is 5.32 Å². The van der Waals surface area contributed by atoms with Crippen LogP contribution in [-0.4, -0.2) is 24.9 Å². The zero-order valence-electron chi connectivity index (χ0n) is 7.87. The first kappa shape index (κ1) is 10.1. The molecule has 1 fully saturated rings. The van der Waals surface area contributed by atoms with Crippen molar-refractivity contribution < 1.29 is 9.59 Å². The summed E-state index contributed by atoms with van der Waals surface area (Å²) in [5.74, 6) is -0.484. The summed E-state index contributed by atoms with van der Waals surface area (Å²) in [6.07, 6.45) is 0. The fourth-order valence-electron chi connectivity index (χ4n) is 1.45. The van der Waals surface area contributed by atoms with Crippen molar-refractivity contribution in [2.75, 3.05) is 18.0 Å². The van der Waals surface area contributed by atoms with Crippen LogP contribution in [0.4, 0.5) is 5.69 Å². The quantitative estimate of drug-likeness (QED) is 0.718. The van der Waals surface area contributed by atoms with Gasteiger partial charge in [-0.2, -0.15) is 0 Å². The average molecular weight is 225 g/mol. The van der Waals surface area contributed by atoms with Gasteiger partial charge < -0.3 is 0 Å². The van der Waals surface area contributed by atoms with E-state index in [-0.39, 0.29) is 24.9 Å². The molecule has 5 heteroatoms. The molecule has 1 aliphatic heterocycles. The summed E-state index contributed by atoms with van der Waals surface area (Å²) in [4.78, 5) is 24.2. The van der Waals surface area contributed by atoms with Crippen molar-refractivity contribution in [3.8, 4) is 0 Å². The number of hydrogen-bond donors (Lipinski definition) is 1. The maximum atomic E-state index is 11.5. The second-order valence-corrected chi connectivity index (χ2v) is 3.64. The molecule has 78 valence electrons. The number of nitrogens with zero attached hydrogens (tertiary/aromatic N) is 1. The topological polar surface area (TPSA) is 49.4 Å². The number of benzene rings is 1. The van der Waals surface area contributed by atoms with E-state index in [1.807, 2.05) is 0 Å². The number of piperazine rings is 1. The van der Waals surface area contributed by atoms with Gasteiger partial charge in [0.1, 0.15) is 0 Å².